The quantitative estimate of drug-likeness (QED) is 0.474. The second-order valence-corrected chi connectivity index (χ2v) is 4.75. The Kier molecular flexibility index (Phi) is 10.6. The number of amides is 1. The van der Waals surface area contributed by atoms with Crippen LogP contribution in [0.15, 0.2) is 38.1 Å². The molecular weight excluding hydrogens is 248 g/mol. The molecule has 1 fully saturated rings. The van der Waals surface area contributed by atoms with Gasteiger partial charge < -0.3 is 21.8 Å². The minimum atomic E-state index is 0. The van der Waals surface area contributed by atoms with Gasteiger partial charge in [0.15, 0.2) is 0 Å². The van der Waals surface area contributed by atoms with Crippen molar-refractivity contribution in [1.29, 1.82) is 0 Å². The molecule has 0 atom stereocenters. The van der Waals surface area contributed by atoms with E-state index in [2.05, 4.69) is 33.8 Å². The van der Waals surface area contributed by atoms with Crippen molar-refractivity contribution in [2.45, 2.75) is 12.8 Å². The molecule has 1 aliphatic rings. The third-order valence-electron chi connectivity index (χ3n) is 2.58. The molecule has 18 heavy (non-hydrogen) atoms. The van der Waals surface area contributed by atoms with Crippen LogP contribution in [0.3, 0.4) is 0 Å². The van der Waals surface area contributed by atoms with Crippen molar-refractivity contribution >= 4 is 5.91 Å². The Morgan fingerprint density at radius 2 is 1.72 bits per heavy atom. The molecule has 1 heterocycles. The van der Waals surface area contributed by atoms with Crippen LogP contribution in [0.5, 0.6) is 0 Å². The van der Waals surface area contributed by atoms with Crippen LogP contribution in [-0.4, -0.2) is 49.0 Å². The molecule has 3 nitrogen and oxygen atoms in total. The first kappa shape index (κ1) is 19.3. The molecule has 0 aromatic heterocycles. The van der Waals surface area contributed by atoms with Crippen LogP contribution in [0.25, 0.3) is 0 Å². The Balaban J connectivity index is 0. The maximum Gasteiger partial charge on any atom is 0.226 e. The largest absolute Gasteiger partial charge is 1.00 e. The number of carbonyl (C=O) groups excluding carboxylic acids is 1. The third-order valence-corrected chi connectivity index (χ3v) is 2.58. The molecule has 0 aromatic carbocycles. The molecule has 0 aliphatic carbocycles. The van der Waals surface area contributed by atoms with E-state index in [1.165, 1.54) is 0 Å². The van der Waals surface area contributed by atoms with Crippen molar-refractivity contribution < 1.29 is 21.7 Å². The Morgan fingerprint density at radius 1 is 1.22 bits per heavy atom. The van der Waals surface area contributed by atoms with Crippen molar-refractivity contribution in [1.82, 2.24) is 4.90 Å². The first-order valence-electron chi connectivity index (χ1n) is 5.92. The van der Waals surface area contributed by atoms with Crippen LogP contribution in [-0.2, 0) is 4.79 Å². The molecule has 0 N–H and O–H groups in total. The fourth-order valence-corrected chi connectivity index (χ4v) is 1.64. The summed E-state index contributed by atoms with van der Waals surface area (Å²) in [5, 5.41) is 0. The van der Waals surface area contributed by atoms with E-state index in [1.54, 1.807) is 11.1 Å². The molecular formula is C14H25ClN2O. The van der Waals surface area contributed by atoms with Gasteiger partial charge in [0.2, 0.25) is 5.91 Å². The number of nitrogens with zero attached hydrogens (tertiary/aromatic N) is 2. The highest BCUT2D eigenvalue weighted by molar-refractivity contribution is 5.78. The molecule has 104 valence electrons. The van der Waals surface area contributed by atoms with Crippen molar-refractivity contribution in [2.24, 2.45) is 0 Å². The van der Waals surface area contributed by atoms with E-state index in [9.17, 15) is 4.79 Å². The lowest BCUT2D eigenvalue weighted by Gasteiger charge is -2.26. The highest BCUT2D eigenvalue weighted by Crippen LogP contribution is 2.08. The van der Waals surface area contributed by atoms with E-state index < -0.39 is 0 Å². The summed E-state index contributed by atoms with van der Waals surface area (Å²) in [5.74, 6) is 0.208. The minimum absolute atomic E-state index is 0. The van der Waals surface area contributed by atoms with Crippen molar-refractivity contribution in [3.05, 3.63) is 38.1 Å². The van der Waals surface area contributed by atoms with Gasteiger partial charge in [0, 0.05) is 13.0 Å². The number of hydrogen-bond acceptors (Lipinski definition) is 1. The van der Waals surface area contributed by atoms with Crippen molar-refractivity contribution in [2.75, 3.05) is 33.7 Å². The lowest BCUT2D eigenvalue weighted by atomic mass is 10.4. The molecule has 1 aliphatic heterocycles. The highest BCUT2D eigenvalue weighted by atomic mass is 35.5. The topological polar surface area (TPSA) is 20.3 Å². The number of halogens is 1. The van der Waals surface area contributed by atoms with Gasteiger partial charge in [0.1, 0.15) is 0 Å². The zero-order valence-corrected chi connectivity index (χ0v) is 12.3. The molecule has 0 spiro atoms. The molecule has 4 heteroatoms. The maximum absolute atomic E-state index is 10.7. The van der Waals surface area contributed by atoms with Crippen LogP contribution in [0.1, 0.15) is 12.8 Å². The van der Waals surface area contributed by atoms with E-state index in [0.717, 1.165) is 30.5 Å². The molecule has 1 amide bonds. The van der Waals surface area contributed by atoms with Crippen molar-refractivity contribution in [3.8, 4) is 0 Å². The smallest absolute Gasteiger partial charge is 0.226 e. The van der Waals surface area contributed by atoms with Gasteiger partial charge >= 0.3 is 0 Å². The fraction of sp³-hybridized carbons (Fsp3) is 0.500. The Morgan fingerprint density at radius 3 is 1.94 bits per heavy atom. The first-order chi connectivity index (χ1) is 7.96. The summed E-state index contributed by atoms with van der Waals surface area (Å²) in [6.07, 6.45) is 7.15. The fourth-order valence-electron chi connectivity index (χ4n) is 1.64. The van der Waals surface area contributed by atoms with Gasteiger partial charge in [-0.2, -0.15) is 0 Å². The monoisotopic (exact) mass is 272 g/mol. The SMILES string of the molecule is C=CC[N+](C)(C)CC=C.C=CN1CCCC1=O.[Cl-]. The van der Waals surface area contributed by atoms with Crippen LogP contribution >= 0.6 is 0 Å². The summed E-state index contributed by atoms with van der Waals surface area (Å²) in [6, 6.07) is 0. The molecule has 1 saturated heterocycles. The molecule has 1 rings (SSSR count). The van der Waals surface area contributed by atoms with Crippen molar-refractivity contribution in [3.63, 3.8) is 0 Å². The Bertz CT molecular complexity index is 276. The maximum atomic E-state index is 10.7. The number of rotatable bonds is 5. The summed E-state index contributed by atoms with van der Waals surface area (Å²) < 4.78 is 0.951. The van der Waals surface area contributed by atoms with Crippen LogP contribution < -0.4 is 12.4 Å². The zero-order chi connectivity index (χ0) is 13.3. The van der Waals surface area contributed by atoms with Crippen LogP contribution in [0, 0.1) is 0 Å². The van der Waals surface area contributed by atoms with Gasteiger partial charge in [-0.3, -0.25) is 4.79 Å². The number of likely N-dealkylation sites (tertiary alicyclic amines) is 1. The van der Waals surface area contributed by atoms with E-state index in [-0.39, 0.29) is 18.3 Å². The van der Waals surface area contributed by atoms with E-state index in [1.807, 2.05) is 12.2 Å². The lowest BCUT2D eigenvalue weighted by Crippen LogP contribution is -3.00. The van der Waals surface area contributed by atoms with E-state index in [0.29, 0.717) is 6.42 Å². The van der Waals surface area contributed by atoms with E-state index >= 15 is 0 Å². The highest BCUT2D eigenvalue weighted by Gasteiger charge is 2.16. The number of carbonyl (C=O) groups is 1. The lowest BCUT2D eigenvalue weighted by molar-refractivity contribution is -0.878. The molecule has 0 bridgehead atoms. The van der Waals surface area contributed by atoms with Gasteiger partial charge in [0.05, 0.1) is 27.2 Å². The molecule has 0 radical (unpaired) electrons. The third kappa shape index (κ3) is 8.09. The summed E-state index contributed by atoms with van der Waals surface area (Å²) >= 11 is 0. The normalized spacial score (nSPS) is 14.1. The standard InChI is InChI=1S/C8H16N.C6H9NO.ClH/c1-5-7-9(3,4)8-6-2;1-2-7-5-3-4-6(7)8;/h5-6H,1-2,7-8H2,3-4H3;2H,1,3-5H2;1H/q+1;;/p-1. The van der Waals surface area contributed by atoms with E-state index in [4.69, 9.17) is 0 Å². The number of likely N-dealkylation sites (N-methyl/N-ethyl adjacent to an activating group) is 1. The molecule has 0 saturated carbocycles. The minimum Gasteiger partial charge on any atom is -1.00 e. The van der Waals surface area contributed by atoms with Gasteiger partial charge in [-0.05, 0) is 24.8 Å². The van der Waals surface area contributed by atoms with Crippen LogP contribution in [0.4, 0.5) is 0 Å². The second kappa shape index (κ2) is 9.92. The number of quaternary nitrogens is 1. The Labute approximate surface area is 117 Å². The summed E-state index contributed by atoms with van der Waals surface area (Å²) in [5.41, 5.74) is 0. The van der Waals surface area contributed by atoms with Gasteiger partial charge in [-0.15, -0.1) is 0 Å². The van der Waals surface area contributed by atoms with Gasteiger partial charge in [0.25, 0.3) is 0 Å². The zero-order valence-electron chi connectivity index (χ0n) is 11.6. The number of hydrogen-bond donors (Lipinski definition) is 0. The average Bonchev–Trinajstić information content (AvgIpc) is 2.64. The first-order valence-corrected chi connectivity index (χ1v) is 5.92. The van der Waals surface area contributed by atoms with Gasteiger partial charge in [-0.25, -0.2) is 0 Å². The summed E-state index contributed by atoms with van der Waals surface area (Å²) in [4.78, 5) is 12.3. The molecule has 0 aromatic rings. The van der Waals surface area contributed by atoms with Gasteiger partial charge in [-0.1, -0.05) is 19.7 Å². The predicted molar refractivity (Wildman–Crippen MR) is 73.4 cm³/mol. The average molecular weight is 273 g/mol. The summed E-state index contributed by atoms with van der Waals surface area (Å²) in [6.45, 7) is 13.7. The predicted octanol–water partition coefficient (Wildman–Crippen LogP) is -0.809. The Hall–Kier alpha value is -1.06. The summed E-state index contributed by atoms with van der Waals surface area (Å²) in [7, 11) is 4.31. The second-order valence-electron chi connectivity index (χ2n) is 4.75. The molecule has 0 unspecified atom stereocenters. The van der Waals surface area contributed by atoms with Crippen LogP contribution in [0.2, 0.25) is 0 Å².